The lowest BCUT2D eigenvalue weighted by molar-refractivity contribution is -0.138. The van der Waals surface area contributed by atoms with E-state index in [1.807, 2.05) is 38.9 Å². The van der Waals surface area contributed by atoms with Crippen LogP contribution in [0.2, 0.25) is 0 Å². The van der Waals surface area contributed by atoms with Gasteiger partial charge in [0.15, 0.2) is 0 Å². The molecule has 0 bridgehead atoms. The van der Waals surface area contributed by atoms with Crippen LogP contribution in [0.15, 0.2) is 48.8 Å². The van der Waals surface area contributed by atoms with Gasteiger partial charge in [-0.25, -0.2) is 0 Å². The second kappa shape index (κ2) is 7.78. The quantitative estimate of drug-likeness (QED) is 0.763. The number of hydrogen-bond donors (Lipinski definition) is 0. The van der Waals surface area contributed by atoms with Gasteiger partial charge in [0.25, 0.3) is 0 Å². The minimum absolute atomic E-state index is 0.00988. The van der Waals surface area contributed by atoms with Gasteiger partial charge in [0, 0.05) is 49.9 Å². The molecule has 2 fully saturated rings. The number of piperazine rings is 1. The Morgan fingerprint density at radius 3 is 2.44 bits per heavy atom. The van der Waals surface area contributed by atoms with Crippen molar-refractivity contribution in [1.82, 2.24) is 19.6 Å². The monoisotopic (exact) mass is 364 g/mol. The zero-order valence-corrected chi connectivity index (χ0v) is 15.3. The smallest absolute Gasteiger partial charge is 0.246 e. The van der Waals surface area contributed by atoms with Gasteiger partial charge in [-0.05, 0) is 24.5 Å². The summed E-state index contributed by atoms with van der Waals surface area (Å²) in [6.45, 7) is 3.21. The molecule has 2 amide bonds. The molecule has 2 aromatic rings. The summed E-state index contributed by atoms with van der Waals surface area (Å²) in [6.07, 6.45) is 9.15. The summed E-state index contributed by atoms with van der Waals surface area (Å²) < 4.78 is 1.86. The Bertz CT molecular complexity index is 831. The van der Waals surface area contributed by atoms with Crippen LogP contribution >= 0.6 is 0 Å². The van der Waals surface area contributed by atoms with Crippen LogP contribution in [0, 0.1) is 5.92 Å². The first-order valence-electron chi connectivity index (χ1n) is 9.51. The van der Waals surface area contributed by atoms with Crippen molar-refractivity contribution in [1.29, 1.82) is 0 Å². The van der Waals surface area contributed by atoms with Crippen LogP contribution in [-0.4, -0.2) is 57.6 Å². The van der Waals surface area contributed by atoms with Gasteiger partial charge in [0.2, 0.25) is 11.8 Å². The van der Waals surface area contributed by atoms with E-state index < -0.39 is 0 Å². The maximum Gasteiger partial charge on any atom is 0.246 e. The lowest BCUT2D eigenvalue weighted by atomic mass is 10.2. The van der Waals surface area contributed by atoms with Crippen LogP contribution < -0.4 is 0 Å². The first-order chi connectivity index (χ1) is 13.2. The molecule has 1 aromatic carbocycles. The van der Waals surface area contributed by atoms with E-state index in [9.17, 15) is 9.59 Å². The predicted octanol–water partition coefficient (Wildman–Crippen LogP) is 2.03. The van der Waals surface area contributed by atoms with Crippen molar-refractivity contribution < 1.29 is 9.59 Å². The summed E-state index contributed by atoms with van der Waals surface area (Å²) in [7, 11) is 0. The number of carbonyl (C=O) groups excluding carboxylic acids is 2. The minimum atomic E-state index is -0.00988. The topological polar surface area (TPSA) is 58.4 Å². The average Bonchev–Trinajstić information content (AvgIpc) is 3.47. The van der Waals surface area contributed by atoms with Crippen molar-refractivity contribution in [2.24, 2.45) is 5.92 Å². The van der Waals surface area contributed by atoms with E-state index >= 15 is 0 Å². The first kappa shape index (κ1) is 17.5. The summed E-state index contributed by atoms with van der Waals surface area (Å²) in [6, 6.07) is 10.1. The van der Waals surface area contributed by atoms with E-state index in [0.29, 0.717) is 32.7 Å². The van der Waals surface area contributed by atoms with E-state index in [1.165, 1.54) is 5.56 Å². The number of hydrogen-bond acceptors (Lipinski definition) is 3. The van der Waals surface area contributed by atoms with Gasteiger partial charge >= 0.3 is 0 Å². The van der Waals surface area contributed by atoms with Crippen LogP contribution in [0.4, 0.5) is 0 Å². The van der Waals surface area contributed by atoms with Gasteiger partial charge in [-0.15, -0.1) is 0 Å². The van der Waals surface area contributed by atoms with Crippen molar-refractivity contribution >= 4 is 17.9 Å². The number of amides is 2. The largest absolute Gasteiger partial charge is 0.339 e. The van der Waals surface area contributed by atoms with Gasteiger partial charge in [0.05, 0.1) is 12.7 Å². The van der Waals surface area contributed by atoms with Crippen molar-refractivity contribution in [3.8, 4) is 0 Å². The molecule has 2 heterocycles. The lowest BCUT2D eigenvalue weighted by Gasteiger charge is -2.34. The van der Waals surface area contributed by atoms with E-state index in [-0.39, 0.29) is 17.7 Å². The molecule has 1 saturated heterocycles. The second-order valence-electron chi connectivity index (χ2n) is 7.22. The van der Waals surface area contributed by atoms with Crippen LogP contribution in [0.5, 0.6) is 0 Å². The third-order valence-corrected chi connectivity index (χ3v) is 5.09. The lowest BCUT2D eigenvalue weighted by Crippen LogP contribution is -2.50. The van der Waals surface area contributed by atoms with Crippen molar-refractivity contribution in [3.05, 3.63) is 59.9 Å². The molecule has 1 saturated carbocycles. The highest BCUT2D eigenvalue weighted by molar-refractivity contribution is 5.92. The Labute approximate surface area is 159 Å². The Kier molecular flexibility index (Phi) is 5.05. The van der Waals surface area contributed by atoms with E-state index in [1.54, 1.807) is 18.3 Å². The third kappa shape index (κ3) is 4.45. The fraction of sp³-hybridized carbons (Fsp3) is 0.381. The molecule has 27 heavy (non-hydrogen) atoms. The number of benzene rings is 1. The molecular formula is C21H24N4O2. The minimum Gasteiger partial charge on any atom is -0.339 e. The number of rotatable bonds is 5. The fourth-order valence-electron chi connectivity index (χ4n) is 3.33. The Balaban J connectivity index is 1.28. The summed E-state index contributed by atoms with van der Waals surface area (Å²) >= 11 is 0. The molecular weight excluding hydrogens is 340 g/mol. The Morgan fingerprint density at radius 1 is 1.04 bits per heavy atom. The normalized spacial score (nSPS) is 17.5. The molecule has 1 aliphatic carbocycles. The van der Waals surface area contributed by atoms with Gasteiger partial charge in [0.1, 0.15) is 0 Å². The zero-order valence-electron chi connectivity index (χ0n) is 15.3. The fourth-order valence-corrected chi connectivity index (χ4v) is 3.33. The van der Waals surface area contributed by atoms with Gasteiger partial charge in [-0.3, -0.25) is 14.3 Å². The van der Waals surface area contributed by atoms with Crippen LogP contribution in [0.3, 0.4) is 0 Å². The maximum atomic E-state index is 12.4. The van der Waals surface area contributed by atoms with E-state index in [4.69, 9.17) is 0 Å². The molecule has 0 radical (unpaired) electrons. The second-order valence-corrected chi connectivity index (χ2v) is 7.22. The highest BCUT2D eigenvalue weighted by Crippen LogP contribution is 2.31. The van der Waals surface area contributed by atoms with Crippen molar-refractivity contribution in [3.63, 3.8) is 0 Å². The standard InChI is InChI=1S/C21H24N4O2/c26-20(23-10-12-24(13-11-23)21(27)19-7-8-19)9-6-18-14-22-25(16-18)15-17-4-2-1-3-5-17/h1-6,9,14,16,19H,7-8,10-13,15H2. The molecule has 0 atom stereocenters. The Morgan fingerprint density at radius 2 is 1.74 bits per heavy atom. The molecule has 1 aromatic heterocycles. The van der Waals surface area contributed by atoms with Crippen LogP contribution in [-0.2, 0) is 16.1 Å². The number of carbonyl (C=O) groups is 2. The predicted molar refractivity (Wildman–Crippen MR) is 103 cm³/mol. The maximum absolute atomic E-state index is 12.4. The highest BCUT2D eigenvalue weighted by Gasteiger charge is 2.34. The van der Waals surface area contributed by atoms with Crippen LogP contribution in [0.25, 0.3) is 6.08 Å². The Hall–Kier alpha value is -2.89. The van der Waals surface area contributed by atoms with E-state index in [2.05, 4.69) is 17.2 Å². The molecule has 6 heteroatoms. The molecule has 0 N–H and O–H groups in total. The molecule has 6 nitrogen and oxygen atoms in total. The van der Waals surface area contributed by atoms with Crippen molar-refractivity contribution in [2.45, 2.75) is 19.4 Å². The average molecular weight is 364 g/mol. The van der Waals surface area contributed by atoms with Gasteiger partial charge in [-0.1, -0.05) is 30.3 Å². The summed E-state index contributed by atoms with van der Waals surface area (Å²) in [5.74, 6) is 0.507. The van der Waals surface area contributed by atoms with Crippen LogP contribution in [0.1, 0.15) is 24.0 Å². The van der Waals surface area contributed by atoms with Gasteiger partial charge < -0.3 is 9.80 Å². The van der Waals surface area contributed by atoms with Gasteiger partial charge in [-0.2, -0.15) is 5.10 Å². The molecule has 2 aliphatic rings. The SMILES string of the molecule is O=C(C=Cc1cnn(Cc2ccccc2)c1)N1CCN(C(=O)C2CC2)CC1. The third-order valence-electron chi connectivity index (χ3n) is 5.09. The first-order valence-corrected chi connectivity index (χ1v) is 9.51. The van der Waals surface area contributed by atoms with E-state index in [0.717, 1.165) is 18.4 Å². The zero-order chi connectivity index (χ0) is 18.6. The molecule has 140 valence electrons. The number of aromatic nitrogens is 2. The number of nitrogens with zero attached hydrogens (tertiary/aromatic N) is 4. The summed E-state index contributed by atoms with van der Waals surface area (Å²) in [4.78, 5) is 28.2. The molecule has 1 aliphatic heterocycles. The van der Waals surface area contributed by atoms with Crippen molar-refractivity contribution in [2.75, 3.05) is 26.2 Å². The molecule has 0 spiro atoms. The summed E-state index contributed by atoms with van der Waals surface area (Å²) in [5.41, 5.74) is 2.09. The highest BCUT2D eigenvalue weighted by atomic mass is 16.2. The molecule has 4 rings (SSSR count). The summed E-state index contributed by atoms with van der Waals surface area (Å²) in [5, 5.41) is 4.35. The molecule has 0 unspecified atom stereocenters.